The number of rotatable bonds is 10. The van der Waals surface area contributed by atoms with Gasteiger partial charge in [0.2, 0.25) is 0 Å². The maximum absolute atomic E-state index is 11.4. The molecule has 1 heterocycles. The second kappa shape index (κ2) is 9.14. The quantitative estimate of drug-likeness (QED) is 0.248. The Hall–Kier alpha value is -1.09. The van der Waals surface area contributed by atoms with Crippen molar-refractivity contribution in [2.45, 2.75) is 84.8 Å². The Kier molecular flexibility index (Phi) is 7.88. The second-order valence-corrected chi connectivity index (χ2v) is 6.31. The summed E-state index contributed by atoms with van der Waals surface area (Å²) in [4.78, 5) is 11.4. The van der Waals surface area contributed by atoms with Gasteiger partial charge < -0.3 is 9.47 Å². The smallest absolute Gasteiger partial charge is 0.330 e. The minimum atomic E-state index is -0.232. The molecular weight excluding hydrogens is 276 g/mol. The predicted molar refractivity (Wildman–Crippen MR) is 90.8 cm³/mol. The van der Waals surface area contributed by atoms with E-state index in [-0.39, 0.29) is 11.6 Å². The first-order chi connectivity index (χ1) is 10.4. The van der Waals surface area contributed by atoms with Crippen LogP contribution < -0.4 is 0 Å². The Balaban J connectivity index is 2.32. The topological polar surface area (TPSA) is 38.8 Å². The van der Waals surface area contributed by atoms with E-state index in [0.717, 1.165) is 44.1 Å². The van der Waals surface area contributed by atoms with Crippen molar-refractivity contribution in [3.63, 3.8) is 0 Å². The van der Waals surface area contributed by atoms with Gasteiger partial charge in [-0.2, -0.15) is 0 Å². The third-order valence-corrected chi connectivity index (χ3v) is 4.54. The average Bonchev–Trinajstić information content (AvgIpc) is 3.14. The Bertz CT molecular complexity index is 422. The number of carbonyl (C=O) groups excluding carboxylic acids is 1. The van der Waals surface area contributed by atoms with Crippen LogP contribution in [0.5, 0.6) is 0 Å². The largest absolute Gasteiger partial charge is 0.463 e. The molecule has 0 spiro atoms. The normalized spacial score (nSPS) is 25.2. The Morgan fingerprint density at radius 1 is 1.27 bits per heavy atom. The third kappa shape index (κ3) is 6.35. The van der Waals surface area contributed by atoms with Gasteiger partial charge in [0.15, 0.2) is 0 Å². The fraction of sp³-hybridized carbons (Fsp3) is 0.737. The van der Waals surface area contributed by atoms with Crippen molar-refractivity contribution in [2.24, 2.45) is 0 Å². The van der Waals surface area contributed by atoms with E-state index in [9.17, 15) is 4.79 Å². The van der Waals surface area contributed by atoms with Crippen LogP contribution in [-0.4, -0.2) is 24.3 Å². The SMILES string of the molecule is CCOC(=O)/C=C(\C)CC/C=C(\CC)CCC1OC1(C)CC. The molecule has 1 fully saturated rings. The van der Waals surface area contributed by atoms with Gasteiger partial charge in [0.05, 0.1) is 18.3 Å². The molecule has 0 aromatic rings. The van der Waals surface area contributed by atoms with Crippen LogP contribution in [0.2, 0.25) is 0 Å². The van der Waals surface area contributed by atoms with Crippen molar-refractivity contribution in [3.8, 4) is 0 Å². The van der Waals surface area contributed by atoms with Gasteiger partial charge in [-0.15, -0.1) is 0 Å². The van der Waals surface area contributed by atoms with Gasteiger partial charge >= 0.3 is 5.97 Å². The lowest BCUT2D eigenvalue weighted by atomic mass is 9.97. The van der Waals surface area contributed by atoms with E-state index < -0.39 is 0 Å². The van der Waals surface area contributed by atoms with Gasteiger partial charge in [-0.25, -0.2) is 4.79 Å². The Morgan fingerprint density at radius 2 is 2.00 bits per heavy atom. The number of allylic oxidation sites excluding steroid dienone is 3. The molecule has 3 heteroatoms. The number of carbonyl (C=O) groups is 1. The monoisotopic (exact) mass is 308 g/mol. The van der Waals surface area contributed by atoms with E-state index in [2.05, 4.69) is 26.8 Å². The predicted octanol–water partition coefficient (Wildman–Crippen LogP) is 4.96. The molecule has 1 rings (SSSR count). The van der Waals surface area contributed by atoms with Crippen LogP contribution in [0, 0.1) is 0 Å². The third-order valence-electron chi connectivity index (χ3n) is 4.54. The number of hydrogen-bond acceptors (Lipinski definition) is 3. The average molecular weight is 308 g/mol. The molecule has 2 atom stereocenters. The maximum atomic E-state index is 11.4. The Labute approximate surface area is 135 Å². The van der Waals surface area contributed by atoms with Crippen LogP contribution in [0.1, 0.15) is 73.1 Å². The summed E-state index contributed by atoms with van der Waals surface area (Å²) in [6.07, 6.45) is 10.7. The minimum absolute atomic E-state index is 0.137. The molecule has 3 nitrogen and oxygen atoms in total. The van der Waals surface area contributed by atoms with Crippen molar-refractivity contribution in [2.75, 3.05) is 6.61 Å². The van der Waals surface area contributed by atoms with Crippen LogP contribution >= 0.6 is 0 Å². The van der Waals surface area contributed by atoms with E-state index in [1.54, 1.807) is 6.08 Å². The van der Waals surface area contributed by atoms with Crippen molar-refractivity contribution in [3.05, 3.63) is 23.3 Å². The summed E-state index contributed by atoms with van der Waals surface area (Å²) in [7, 11) is 0. The van der Waals surface area contributed by atoms with E-state index in [4.69, 9.17) is 9.47 Å². The number of hydrogen-bond donors (Lipinski definition) is 0. The molecule has 2 unspecified atom stereocenters. The highest BCUT2D eigenvalue weighted by atomic mass is 16.6. The van der Waals surface area contributed by atoms with Crippen molar-refractivity contribution in [1.29, 1.82) is 0 Å². The molecule has 22 heavy (non-hydrogen) atoms. The molecule has 0 aromatic carbocycles. The molecule has 0 bridgehead atoms. The van der Waals surface area contributed by atoms with Crippen LogP contribution in [-0.2, 0) is 14.3 Å². The molecule has 0 saturated carbocycles. The molecule has 0 radical (unpaired) electrons. The highest BCUT2D eigenvalue weighted by Gasteiger charge is 2.49. The molecule has 0 N–H and O–H groups in total. The Morgan fingerprint density at radius 3 is 2.55 bits per heavy atom. The molecule has 1 saturated heterocycles. The summed E-state index contributed by atoms with van der Waals surface area (Å²) < 4.78 is 10.7. The summed E-state index contributed by atoms with van der Waals surface area (Å²) in [6, 6.07) is 0. The van der Waals surface area contributed by atoms with Crippen LogP contribution in [0.4, 0.5) is 0 Å². The van der Waals surface area contributed by atoms with Crippen molar-refractivity contribution < 1.29 is 14.3 Å². The number of esters is 1. The van der Waals surface area contributed by atoms with E-state index in [0.29, 0.717) is 12.7 Å². The van der Waals surface area contributed by atoms with E-state index in [1.807, 2.05) is 13.8 Å². The van der Waals surface area contributed by atoms with Crippen molar-refractivity contribution in [1.82, 2.24) is 0 Å². The fourth-order valence-corrected chi connectivity index (χ4v) is 2.67. The highest BCUT2D eigenvalue weighted by Crippen LogP contribution is 2.42. The van der Waals surface area contributed by atoms with Gasteiger partial charge in [-0.05, 0) is 59.3 Å². The maximum Gasteiger partial charge on any atom is 0.330 e. The number of ether oxygens (including phenoxy) is 2. The molecule has 0 aliphatic carbocycles. The molecule has 126 valence electrons. The fourth-order valence-electron chi connectivity index (χ4n) is 2.67. The zero-order valence-corrected chi connectivity index (χ0v) is 14.9. The first-order valence-electron chi connectivity index (χ1n) is 8.64. The zero-order valence-electron chi connectivity index (χ0n) is 14.9. The summed E-state index contributed by atoms with van der Waals surface area (Å²) in [5, 5.41) is 0. The van der Waals surface area contributed by atoms with Gasteiger partial charge in [0.25, 0.3) is 0 Å². The van der Waals surface area contributed by atoms with Gasteiger partial charge in [-0.3, -0.25) is 0 Å². The molecule has 0 amide bonds. The summed E-state index contributed by atoms with van der Waals surface area (Å²) in [5.74, 6) is -0.232. The van der Waals surface area contributed by atoms with Crippen molar-refractivity contribution >= 4 is 5.97 Å². The van der Waals surface area contributed by atoms with Gasteiger partial charge in [0.1, 0.15) is 0 Å². The van der Waals surface area contributed by atoms with Crippen LogP contribution in [0.3, 0.4) is 0 Å². The second-order valence-electron chi connectivity index (χ2n) is 6.31. The van der Waals surface area contributed by atoms with Gasteiger partial charge in [-0.1, -0.05) is 31.1 Å². The van der Waals surface area contributed by atoms with Gasteiger partial charge in [0, 0.05) is 6.08 Å². The summed E-state index contributed by atoms with van der Waals surface area (Å²) in [5.41, 5.74) is 2.71. The number of epoxide rings is 1. The first kappa shape index (κ1) is 19.0. The highest BCUT2D eigenvalue weighted by molar-refractivity contribution is 5.82. The van der Waals surface area contributed by atoms with E-state index in [1.165, 1.54) is 5.57 Å². The minimum Gasteiger partial charge on any atom is -0.463 e. The summed E-state index contributed by atoms with van der Waals surface area (Å²) in [6.45, 7) is 10.8. The standard InChI is InChI=1S/C19H32O3/c1-6-16(12-13-17-19(5,7-2)22-17)11-9-10-15(4)14-18(20)21-8-3/h11,14,17H,6-10,12-13H2,1-5H3/b15-14+,16-11+. The lowest BCUT2D eigenvalue weighted by molar-refractivity contribution is -0.137. The van der Waals surface area contributed by atoms with Crippen LogP contribution in [0.15, 0.2) is 23.3 Å². The van der Waals surface area contributed by atoms with Crippen LogP contribution in [0.25, 0.3) is 0 Å². The lowest BCUT2D eigenvalue weighted by Gasteiger charge is -2.06. The molecule has 0 aromatic heterocycles. The first-order valence-corrected chi connectivity index (χ1v) is 8.64. The zero-order chi connectivity index (χ0) is 16.6. The van der Waals surface area contributed by atoms with E-state index >= 15 is 0 Å². The lowest BCUT2D eigenvalue weighted by Crippen LogP contribution is -2.07. The molecular formula is C19H32O3. The molecule has 1 aliphatic heterocycles. The summed E-state index contributed by atoms with van der Waals surface area (Å²) >= 11 is 0. The molecule has 1 aliphatic rings.